The number of hydrogen-bond acceptors (Lipinski definition) is 4. The minimum Gasteiger partial charge on any atom is -0.444 e. The van der Waals surface area contributed by atoms with Gasteiger partial charge in [-0.1, -0.05) is 0 Å². The highest BCUT2D eigenvalue weighted by Gasteiger charge is 2.16. The maximum atomic E-state index is 11.6. The molecule has 6 nitrogen and oxygen atoms in total. The minimum atomic E-state index is -0.630. The number of pyridine rings is 1. The second kappa shape index (κ2) is 6.51. The average molecular weight is 330 g/mol. The van der Waals surface area contributed by atoms with E-state index in [1.807, 2.05) is 0 Å². The number of nitrogens with one attached hydrogen (secondary N) is 2. The molecule has 0 radical (unpaired) electrons. The lowest BCUT2D eigenvalue weighted by molar-refractivity contribution is -0.115. The van der Waals surface area contributed by atoms with Crippen molar-refractivity contribution in [3.63, 3.8) is 0 Å². The van der Waals surface area contributed by atoms with Crippen molar-refractivity contribution in [3.05, 3.63) is 22.9 Å². The van der Waals surface area contributed by atoms with Gasteiger partial charge in [0, 0.05) is 10.7 Å². The Kier molecular flexibility index (Phi) is 5.29. The predicted molar refractivity (Wildman–Crippen MR) is 74.8 cm³/mol. The molecule has 1 rings (SSSR count). The van der Waals surface area contributed by atoms with E-state index in [0.717, 1.165) is 4.47 Å². The average Bonchev–Trinajstić information content (AvgIpc) is 2.24. The number of halogens is 1. The SMILES string of the molecule is CC(C)(C)OC(=O)NCC(=O)Nc1cncc(Br)c1. The van der Waals surface area contributed by atoms with E-state index in [9.17, 15) is 9.59 Å². The van der Waals surface area contributed by atoms with Crippen LogP contribution in [-0.2, 0) is 9.53 Å². The highest BCUT2D eigenvalue weighted by atomic mass is 79.9. The fourth-order valence-electron chi connectivity index (χ4n) is 1.15. The van der Waals surface area contributed by atoms with Crippen LogP contribution in [0.15, 0.2) is 22.9 Å². The van der Waals surface area contributed by atoms with Gasteiger partial charge in [-0.3, -0.25) is 9.78 Å². The van der Waals surface area contributed by atoms with E-state index in [1.165, 1.54) is 6.20 Å². The van der Waals surface area contributed by atoms with Crippen molar-refractivity contribution >= 4 is 33.6 Å². The number of carbonyl (C=O) groups is 2. The van der Waals surface area contributed by atoms with Crippen LogP contribution in [0.5, 0.6) is 0 Å². The molecule has 1 aromatic rings. The Hall–Kier alpha value is -1.63. The molecule has 0 spiro atoms. The van der Waals surface area contributed by atoms with Gasteiger partial charge in [-0.15, -0.1) is 0 Å². The van der Waals surface area contributed by atoms with E-state index in [4.69, 9.17) is 4.74 Å². The van der Waals surface area contributed by atoms with Gasteiger partial charge in [0.1, 0.15) is 12.1 Å². The van der Waals surface area contributed by atoms with Crippen molar-refractivity contribution in [2.24, 2.45) is 0 Å². The third-order valence-corrected chi connectivity index (χ3v) is 2.21. The fraction of sp³-hybridized carbons (Fsp3) is 0.417. The highest BCUT2D eigenvalue weighted by molar-refractivity contribution is 9.10. The predicted octanol–water partition coefficient (Wildman–Crippen LogP) is 2.31. The van der Waals surface area contributed by atoms with Crippen molar-refractivity contribution in [3.8, 4) is 0 Å². The molecule has 2 N–H and O–H groups in total. The molecule has 0 aliphatic carbocycles. The third kappa shape index (κ3) is 6.76. The number of carbonyl (C=O) groups excluding carboxylic acids is 2. The zero-order chi connectivity index (χ0) is 14.5. The Bertz CT molecular complexity index is 472. The number of anilines is 1. The van der Waals surface area contributed by atoms with Crippen LogP contribution in [0.25, 0.3) is 0 Å². The molecule has 1 aromatic heterocycles. The largest absolute Gasteiger partial charge is 0.444 e. The van der Waals surface area contributed by atoms with Crippen LogP contribution in [0.1, 0.15) is 20.8 Å². The zero-order valence-corrected chi connectivity index (χ0v) is 12.6. The normalized spacial score (nSPS) is 10.7. The lowest BCUT2D eigenvalue weighted by atomic mass is 10.2. The van der Waals surface area contributed by atoms with Crippen LogP contribution in [0.2, 0.25) is 0 Å². The van der Waals surface area contributed by atoms with E-state index in [2.05, 4.69) is 31.5 Å². The monoisotopic (exact) mass is 329 g/mol. The molecule has 1 heterocycles. The van der Waals surface area contributed by atoms with Gasteiger partial charge in [0.15, 0.2) is 0 Å². The number of rotatable bonds is 3. The maximum Gasteiger partial charge on any atom is 0.408 e. The molecule has 0 aromatic carbocycles. The first-order valence-electron chi connectivity index (χ1n) is 5.63. The lowest BCUT2D eigenvalue weighted by Crippen LogP contribution is -2.37. The summed E-state index contributed by atoms with van der Waals surface area (Å²) in [6, 6.07) is 1.71. The Morgan fingerprint density at radius 3 is 2.63 bits per heavy atom. The van der Waals surface area contributed by atoms with Gasteiger partial charge in [-0.25, -0.2) is 4.79 Å². The molecule has 0 fully saturated rings. The molecular formula is C12H16BrN3O3. The van der Waals surface area contributed by atoms with Crippen LogP contribution in [-0.4, -0.2) is 29.1 Å². The summed E-state index contributed by atoms with van der Waals surface area (Å²) in [5.41, 5.74) is -0.0419. The van der Waals surface area contributed by atoms with E-state index < -0.39 is 11.7 Å². The Morgan fingerprint density at radius 2 is 2.05 bits per heavy atom. The number of nitrogens with zero attached hydrogens (tertiary/aromatic N) is 1. The van der Waals surface area contributed by atoms with Crippen molar-refractivity contribution < 1.29 is 14.3 Å². The second-order valence-corrected chi connectivity index (χ2v) is 5.71. The van der Waals surface area contributed by atoms with Crippen molar-refractivity contribution in [1.29, 1.82) is 0 Å². The second-order valence-electron chi connectivity index (χ2n) is 4.80. The molecule has 0 bridgehead atoms. The van der Waals surface area contributed by atoms with Gasteiger partial charge in [0.05, 0.1) is 11.9 Å². The van der Waals surface area contributed by atoms with Gasteiger partial charge in [-0.05, 0) is 42.8 Å². The molecule has 0 unspecified atom stereocenters. The molecular weight excluding hydrogens is 314 g/mol. The van der Waals surface area contributed by atoms with Crippen LogP contribution in [0.3, 0.4) is 0 Å². The Balaban J connectivity index is 2.38. The standard InChI is InChI=1S/C12H16BrN3O3/c1-12(2,3)19-11(18)15-7-10(17)16-9-4-8(13)5-14-6-9/h4-6H,7H2,1-3H3,(H,15,18)(H,16,17). The minimum absolute atomic E-state index is 0.165. The van der Waals surface area contributed by atoms with Crippen LogP contribution in [0, 0.1) is 0 Å². The van der Waals surface area contributed by atoms with Gasteiger partial charge >= 0.3 is 6.09 Å². The molecule has 104 valence electrons. The van der Waals surface area contributed by atoms with Crippen LogP contribution in [0.4, 0.5) is 10.5 Å². The molecule has 0 atom stereocenters. The first kappa shape index (κ1) is 15.4. The molecule has 0 saturated heterocycles. The van der Waals surface area contributed by atoms with Crippen molar-refractivity contribution in [1.82, 2.24) is 10.3 Å². The van der Waals surface area contributed by atoms with E-state index in [-0.39, 0.29) is 12.5 Å². The van der Waals surface area contributed by atoms with Crippen LogP contribution >= 0.6 is 15.9 Å². The molecule has 7 heteroatoms. The van der Waals surface area contributed by atoms with E-state index in [1.54, 1.807) is 33.0 Å². The Labute approximate surface area is 120 Å². The number of alkyl carbamates (subject to hydrolysis) is 1. The zero-order valence-electron chi connectivity index (χ0n) is 11.0. The maximum absolute atomic E-state index is 11.6. The first-order valence-corrected chi connectivity index (χ1v) is 6.43. The van der Waals surface area contributed by atoms with Crippen LogP contribution < -0.4 is 10.6 Å². The van der Waals surface area contributed by atoms with Gasteiger partial charge < -0.3 is 15.4 Å². The third-order valence-electron chi connectivity index (χ3n) is 1.78. The Morgan fingerprint density at radius 1 is 1.37 bits per heavy atom. The van der Waals surface area contributed by atoms with E-state index in [0.29, 0.717) is 5.69 Å². The van der Waals surface area contributed by atoms with E-state index >= 15 is 0 Å². The summed E-state index contributed by atoms with van der Waals surface area (Å²) < 4.78 is 5.76. The number of aromatic nitrogens is 1. The lowest BCUT2D eigenvalue weighted by Gasteiger charge is -2.19. The fourth-order valence-corrected chi connectivity index (χ4v) is 1.52. The summed E-state index contributed by atoms with van der Waals surface area (Å²) in [5, 5.41) is 4.97. The number of amides is 2. The molecule has 0 aliphatic heterocycles. The molecule has 0 aliphatic rings. The summed E-state index contributed by atoms with van der Waals surface area (Å²) in [5.74, 6) is -0.356. The summed E-state index contributed by atoms with van der Waals surface area (Å²) in [7, 11) is 0. The number of hydrogen-bond donors (Lipinski definition) is 2. The smallest absolute Gasteiger partial charge is 0.408 e. The van der Waals surface area contributed by atoms with Crippen molar-refractivity contribution in [2.45, 2.75) is 26.4 Å². The van der Waals surface area contributed by atoms with Gasteiger partial charge in [0.2, 0.25) is 5.91 Å². The molecule has 2 amide bonds. The summed E-state index contributed by atoms with van der Waals surface area (Å²) in [6.07, 6.45) is 2.49. The number of ether oxygens (including phenoxy) is 1. The van der Waals surface area contributed by atoms with Gasteiger partial charge in [0.25, 0.3) is 0 Å². The summed E-state index contributed by atoms with van der Waals surface area (Å²) in [4.78, 5) is 26.8. The first-order chi connectivity index (χ1) is 8.76. The quantitative estimate of drug-likeness (QED) is 0.891. The summed E-state index contributed by atoms with van der Waals surface area (Å²) in [6.45, 7) is 5.08. The molecule has 19 heavy (non-hydrogen) atoms. The summed E-state index contributed by atoms with van der Waals surface area (Å²) >= 11 is 3.24. The molecule has 0 saturated carbocycles. The topological polar surface area (TPSA) is 80.3 Å². The van der Waals surface area contributed by atoms with Gasteiger partial charge in [-0.2, -0.15) is 0 Å². The highest BCUT2D eigenvalue weighted by Crippen LogP contribution is 2.13. The van der Waals surface area contributed by atoms with Crippen molar-refractivity contribution in [2.75, 3.05) is 11.9 Å².